The van der Waals surface area contributed by atoms with E-state index in [1.54, 1.807) is 32.4 Å². The molecule has 2 aromatic carbocycles. The number of nitrogens with zero attached hydrogens (tertiary/aromatic N) is 1. The summed E-state index contributed by atoms with van der Waals surface area (Å²) in [6.07, 6.45) is -1.76. The molecule has 0 aliphatic carbocycles. The zero-order valence-corrected chi connectivity index (χ0v) is 19.4. The van der Waals surface area contributed by atoms with Crippen LogP contribution in [0.4, 0.5) is 13.2 Å². The Morgan fingerprint density at radius 1 is 0.824 bits per heavy atom. The Labute approximate surface area is 196 Å². The highest BCUT2D eigenvalue weighted by atomic mass is 19.4. The number of ether oxygens (including phenoxy) is 4. The number of halogens is 3. The largest absolute Gasteiger partial charge is 0.416 e. The number of hydrogen-bond acceptors (Lipinski definition) is 6. The molecule has 1 aliphatic rings. The summed E-state index contributed by atoms with van der Waals surface area (Å²) in [6.45, 7) is 1.86. The molecule has 1 aliphatic heterocycles. The van der Waals surface area contributed by atoms with Gasteiger partial charge in [-0.1, -0.05) is 53.7 Å². The molecule has 0 radical (unpaired) electrons. The predicted octanol–water partition coefficient (Wildman–Crippen LogP) is 5.02. The Balaban J connectivity index is 1.61. The summed E-state index contributed by atoms with van der Waals surface area (Å²) in [5, 5.41) is 4.02. The van der Waals surface area contributed by atoms with Gasteiger partial charge in [-0.25, -0.2) is 0 Å². The standard InChI is InChI=1S/C25H28F3NO5/c1-16-21(30-2)22(31-3)23(32-4)24(33-16)34-29-15-19-12-9-17(10-13-19)8-11-18-6-5-7-20(14-18)25(26,27)28/h5-16,21-24H,1-4H3. The van der Waals surface area contributed by atoms with Crippen LogP contribution in [0.15, 0.2) is 53.7 Å². The van der Waals surface area contributed by atoms with Crippen LogP contribution in [0, 0.1) is 0 Å². The monoisotopic (exact) mass is 479 g/mol. The van der Waals surface area contributed by atoms with Gasteiger partial charge in [0.1, 0.15) is 12.2 Å². The molecule has 5 atom stereocenters. The number of rotatable bonds is 8. The van der Waals surface area contributed by atoms with Crippen molar-refractivity contribution < 1.29 is 37.0 Å². The number of benzene rings is 2. The molecule has 9 heteroatoms. The fourth-order valence-corrected chi connectivity index (χ4v) is 3.76. The Bertz CT molecular complexity index is 977. The molecule has 1 fully saturated rings. The summed E-state index contributed by atoms with van der Waals surface area (Å²) < 4.78 is 60.9. The van der Waals surface area contributed by atoms with Crippen molar-refractivity contribution in [1.82, 2.24) is 0 Å². The van der Waals surface area contributed by atoms with Crippen molar-refractivity contribution in [3.05, 3.63) is 70.8 Å². The molecule has 184 valence electrons. The first-order valence-electron chi connectivity index (χ1n) is 10.6. The highest BCUT2D eigenvalue weighted by Crippen LogP contribution is 2.30. The highest BCUT2D eigenvalue weighted by molar-refractivity contribution is 5.80. The Morgan fingerprint density at radius 3 is 2.06 bits per heavy atom. The van der Waals surface area contributed by atoms with Crippen LogP contribution in [0.5, 0.6) is 0 Å². The second-order valence-electron chi connectivity index (χ2n) is 7.77. The zero-order chi connectivity index (χ0) is 24.7. The lowest BCUT2D eigenvalue weighted by Gasteiger charge is -2.42. The van der Waals surface area contributed by atoms with Gasteiger partial charge in [-0.2, -0.15) is 13.2 Å². The lowest BCUT2D eigenvalue weighted by molar-refractivity contribution is -0.305. The van der Waals surface area contributed by atoms with Crippen LogP contribution in [0.3, 0.4) is 0 Å². The molecular formula is C25H28F3NO5. The topological polar surface area (TPSA) is 58.5 Å². The van der Waals surface area contributed by atoms with Gasteiger partial charge >= 0.3 is 6.18 Å². The molecule has 1 heterocycles. The molecule has 0 N–H and O–H groups in total. The smallest absolute Gasteiger partial charge is 0.376 e. The Kier molecular flexibility index (Phi) is 8.84. The molecular weight excluding hydrogens is 451 g/mol. The molecule has 3 rings (SSSR count). The van der Waals surface area contributed by atoms with E-state index in [-0.39, 0.29) is 18.3 Å². The molecule has 0 bridgehead atoms. The van der Waals surface area contributed by atoms with Crippen molar-refractivity contribution in [2.24, 2.45) is 5.16 Å². The maximum atomic E-state index is 12.9. The predicted molar refractivity (Wildman–Crippen MR) is 122 cm³/mol. The van der Waals surface area contributed by atoms with E-state index in [0.717, 1.165) is 23.3 Å². The summed E-state index contributed by atoms with van der Waals surface area (Å²) in [4.78, 5) is 5.54. The lowest BCUT2D eigenvalue weighted by Crippen LogP contribution is -2.59. The van der Waals surface area contributed by atoms with Gasteiger partial charge in [0, 0.05) is 21.3 Å². The quantitative estimate of drug-likeness (QED) is 0.303. The second kappa shape index (κ2) is 11.6. The van der Waals surface area contributed by atoms with Crippen molar-refractivity contribution in [2.75, 3.05) is 21.3 Å². The molecule has 34 heavy (non-hydrogen) atoms. The van der Waals surface area contributed by atoms with Gasteiger partial charge in [-0.3, -0.25) is 0 Å². The van der Waals surface area contributed by atoms with E-state index >= 15 is 0 Å². The molecule has 2 aromatic rings. The third-order valence-electron chi connectivity index (χ3n) is 5.53. The minimum atomic E-state index is -4.37. The van der Waals surface area contributed by atoms with Gasteiger partial charge in [0.2, 0.25) is 0 Å². The minimum absolute atomic E-state index is 0.288. The highest BCUT2D eigenvalue weighted by Gasteiger charge is 2.46. The number of oxime groups is 1. The van der Waals surface area contributed by atoms with Gasteiger partial charge < -0.3 is 23.8 Å². The van der Waals surface area contributed by atoms with Crippen LogP contribution in [0.1, 0.15) is 29.2 Å². The molecule has 0 amide bonds. The number of methoxy groups -OCH3 is 3. The molecule has 1 saturated heterocycles. The fourth-order valence-electron chi connectivity index (χ4n) is 3.76. The van der Waals surface area contributed by atoms with Crippen molar-refractivity contribution in [2.45, 2.75) is 43.8 Å². The lowest BCUT2D eigenvalue weighted by atomic mass is 9.99. The zero-order valence-electron chi connectivity index (χ0n) is 19.4. The third kappa shape index (κ3) is 6.44. The normalized spacial score (nSPS) is 25.8. The summed E-state index contributed by atoms with van der Waals surface area (Å²) in [6, 6.07) is 12.4. The summed E-state index contributed by atoms with van der Waals surface area (Å²) in [5.41, 5.74) is 1.39. The van der Waals surface area contributed by atoms with Crippen LogP contribution in [-0.2, 0) is 30.0 Å². The first-order valence-corrected chi connectivity index (χ1v) is 10.6. The van der Waals surface area contributed by atoms with E-state index in [0.29, 0.717) is 5.56 Å². The van der Waals surface area contributed by atoms with Crippen molar-refractivity contribution in [1.29, 1.82) is 0 Å². The fraction of sp³-hybridized carbons (Fsp3) is 0.400. The first-order chi connectivity index (χ1) is 16.3. The molecule has 0 spiro atoms. The first kappa shape index (κ1) is 25.9. The van der Waals surface area contributed by atoms with Crippen molar-refractivity contribution in [3.8, 4) is 0 Å². The van der Waals surface area contributed by atoms with E-state index in [1.165, 1.54) is 19.4 Å². The van der Waals surface area contributed by atoms with Crippen LogP contribution in [-0.4, -0.2) is 58.2 Å². The third-order valence-corrected chi connectivity index (χ3v) is 5.53. The maximum Gasteiger partial charge on any atom is 0.416 e. The van der Waals surface area contributed by atoms with E-state index < -0.39 is 24.1 Å². The van der Waals surface area contributed by atoms with Crippen LogP contribution in [0.25, 0.3) is 12.2 Å². The molecule has 0 saturated carbocycles. The summed E-state index contributed by atoms with van der Waals surface area (Å²) >= 11 is 0. The average molecular weight is 479 g/mol. The van der Waals surface area contributed by atoms with E-state index in [4.69, 9.17) is 23.8 Å². The summed E-state index contributed by atoms with van der Waals surface area (Å²) in [5.74, 6) is 0. The van der Waals surface area contributed by atoms with Crippen molar-refractivity contribution >= 4 is 18.4 Å². The van der Waals surface area contributed by atoms with Crippen LogP contribution >= 0.6 is 0 Å². The van der Waals surface area contributed by atoms with Gasteiger partial charge in [-0.15, -0.1) is 0 Å². The Morgan fingerprint density at radius 2 is 1.44 bits per heavy atom. The van der Waals surface area contributed by atoms with E-state index in [9.17, 15) is 13.2 Å². The van der Waals surface area contributed by atoms with Gasteiger partial charge in [0.05, 0.1) is 17.9 Å². The number of hydrogen-bond donors (Lipinski definition) is 0. The summed E-state index contributed by atoms with van der Waals surface area (Å²) in [7, 11) is 4.69. The minimum Gasteiger partial charge on any atom is -0.376 e. The van der Waals surface area contributed by atoms with Gasteiger partial charge in [0.15, 0.2) is 6.10 Å². The SMILES string of the molecule is COC1C(C)OC(ON=Cc2ccc(C=Cc3cccc(C(F)(F)F)c3)cc2)C(OC)C1OC. The molecule has 5 unspecified atom stereocenters. The maximum absolute atomic E-state index is 12.9. The Hall–Kier alpha value is -2.72. The van der Waals surface area contributed by atoms with Crippen molar-refractivity contribution in [3.63, 3.8) is 0 Å². The van der Waals surface area contributed by atoms with E-state index in [2.05, 4.69) is 5.16 Å². The second-order valence-corrected chi connectivity index (χ2v) is 7.77. The molecule has 6 nitrogen and oxygen atoms in total. The average Bonchev–Trinajstić information content (AvgIpc) is 2.82. The van der Waals surface area contributed by atoms with Gasteiger partial charge in [0.25, 0.3) is 6.29 Å². The van der Waals surface area contributed by atoms with E-state index in [1.807, 2.05) is 31.2 Å². The van der Waals surface area contributed by atoms with Crippen LogP contribution in [0.2, 0.25) is 0 Å². The van der Waals surface area contributed by atoms with Gasteiger partial charge in [-0.05, 0) is 35.7 Å². The number of alkyl halides is 3. The van der Waals surface area contributed by atoms with Crippen LogP contribution < -0.4 is 0 Å². The molecule has 0 aromatic heterocycles.